The minimum atomic E-state index is -0.580. The van der Waals surface area contributed by atoms with Gasteiger partial charge in [-0.15, -0.1) is 0 Å². The summed E-state index contributed by atoms with van der Waals surface area (Å²) in [7, 11) is 0. The summed E-state index contributed by atoms with van der Waals surface area (Å²) in [5, 5.41) is 6.65. The van der Waals surface area contributed by atoms with Gasteiger partial charge in [0.05, 0.1) is 6.04 Å². The van der Waals surface area contributed by atoms with Gasteiger partial charge in [0.25, 0.3) is 0 Å². The van der Waals surface area contributed by atoms with Crippen molar-refractivity contribution in [3.05, 3.63) is 30.3 Å². The zero-order valence-electron chi connectivity index (χ0n) is 16.3. The van der Waals surface area contributed by atoms with E-state index in [0.717, 1.165) is 5.75 Å². The van der Waals surface area contributed by atoms with Gasteiger partial charge in [-0.05, 0) is 45.2 Å². The van der Waals surface area contributed by atoms with Gasteiger partial charge in [-0.2, -0.15) is 0 Å². The first-order valence-electron chi connectivity index (χ1n) is 8.80. The van der Waals surface area contributed by atoms with Gasteiger partial charge in [0, 0.05) is 0 Å². The highest BCUT2D eigenvalue weighted by Crippen LogP contribution is 2.10. The Morgan fingerprint density at radius 3 is 2.42 bits per heavy atom. The standard InChI is InChI=1S/C19H31N3O4/c1-14(2)13-16(21-18(23)26-19(3,4)5)17(20)22-25-12-11-24-15-9-7-6-8-10-15/h6-10,14,16H,11-13H2,1-5H3,(H2,20,22)(H,21,23). The highest BCUT2D eigenvalue weighted by Gasteiger charge is 2.22. The second kappa shape index (κ2) is 10.5. The second-order valence-electron chi connectivity index (χ2n) is 7.34. The molecule has 1 unspecified atom stereocenters. The molecule has 7 nitrogen and oxygen atoms in total. The number of benzene rings is 1. The fraction of sp³-hybridized carbons (Fsp3) is 0.579. The van der Waals surface area contributed by atoms with E-state index in [-0.39, 0.29) is 12.4 Å². The van der Waals surface area contributed by atoms with Crippen LogP contribution in [0.4, 0.5) is 4.79 Å². The van der Waals surface area contributed by atoms with Crippen LogP contribution in [0.3, 0.4) is 0 Å². The van der Waals surface area contributed by atoms with Gasteiger partial charge in [-0.3, -0.25) is 0 Å². The molecule has 0 saturated carbocycles. The summed E-state index contributed by atoms with van der Waals surface area (Å²) in [5.41, 5.74) is 5.41. The van der Waals surface area contributed by atoms with Crippen LogP contribution in [0.25, 0.3) is 0 Å². The molecule has 7 heteroatoms. The number of hydrogen-bond donors (Lipinski definition) is 2. The van der Waals surface area contributed by atoms with E-state index in [9.17, 15) is 4.79 Å². The van der Waals surface area contributed by atoms with Crippen LogP contribution < -0.4 is 15.8 Å². The van der Waals surface area contributed by atoms with Crippen molar-refractivity contribution in [3.63, 3.8) is 0 Å². The average molecular weight is 365 g/mol. The van der Waals surface area contributed by atoms with Crippen molar-refractivity contribution in [1.29, 1.82) is 0 Å². The van der Waals surface area contributed by atoms with Crippen molar-refractivity contribution >= 4 is 11.9 Å². The van der Waals surface area contributed by atoms with E-state index in [1.165, 1.54) is 0 Å². The lowest BCUT2D eigenvalue weighted by atomic mass is 10.0. The van der Waals surface area contributed by atoms with Gasteiger partial charge in [0.2, 0.25) is 0 Å². The normalized spacial score (nSPS) is 13.2. The van der Waals surface area contributed by atoms with Gasteiger partial charge in [-0.1, -0.05) is 37.2 Å². The van der Waals surface area contributed by atoms with Gasteiger partial charge in [0.15, 0.2) is 12.4 Å². The first-order valence-corrected chi connectivity index (χ1v) is 8.80. The lowest BCUT2D eigenvalue weighted by molar-refractivity contribution is 0.0511. The molecule has 0 aliphatic carbocycles. The van der Waals surface area contributed by atoms with Gasteiger partial charge in [-0.25, -0.2) is 4.79 Å². The molecule has 0 spiro atoms. The van der Waals surface area contributed by atoms with Crippen LogP contribution in [0.2, 0.25) is 0 Å². The third-order valence-corrected chi connectivity index (χ3v) is 3.11. The Hall–Kier alpha value is -2.44. The number of amidine groups is 1. The van der Waals surface area contributed by atoms with Crippen LogP contribution in [-0.2, 0) is 9.57 Å². The minimum Gasteiger partial charge on any atom is -0.490 e. The number of alkyl carbamates (subject to hydrolysis) is 1. The monoisotopic (exact) mass is 365 g/mol. The first-order chi connectivity index (χ1) is 12.2. The van der Waals surface area contributed by atoms with E-state index < -0.39 is 17.7 Å². The summed E-state index contributed by atoms with van der Waals surface area (Å²) < 4.78 is 10.8. The summed E-state index contributed by atoms with van der Waals surface area (Å²) in [4.78, 5) is 17.2. The lowest BCUT2D eigenvalue weighted by Crippen LogP contribution is -2.47. The van der Waals surface area contributed by atoms with Gasteiger partial charge in [0.1, 0.15) is 18.0 Å². The highest BCUT2D eigenvalue weighted by molar-refractivity contribution is 5.88. The van der Waals surface area contributed by atoms with Crippen molar-refractivity contribution in [3.8, 4) is 5.75 Å². The average Bonchev–Trinajstić information content (AvgIpc) is 2.52. The Morgan fingerprint density at radius 2 is 1.85 bits per heavy atom. The van der Waals surface area contributed by atoms with Crippen LogP contribution in [-0.4, -0.2) is 36.8 Å². The molecule has 0 radical (unpaired) electrons. The molecule has 0 fully saturated rings. The topological polar surface area (TPSA) is 95.2 Å². The molecule has 1 atom stereocenters. The number of carbonyl (C=O) groups is 1. The maximum Gasteiger partial charge on any atom is 0.408 e. The molecule has 0 aromatic heterocycles. The summed E-state index contributed by atoms with van der Waals surface area (Å²) >= 11 is 0. The molecule has 1 amide bonds. The molecular formula is C19H31N3O4. The Labute approximate surface area is 155 Å². The Bertz CT molecular complexity index is 568. The minimum absolute atomic E-state index is 0.198. The molecule has 1 aromatic carbocycles. The van der Waals surface area contributed by atoms with Crippen molar-refractivity contribution in [1.82, 2.24) is 5.32 Å². The van der Waals surface area contributed by atoms with Crippen molar-refractivity contribution in [2.45, 2.75) is 52.7 Å². The summed E-state index contributed by atoms with van der Waals surface area (Å²) in [5.74, 6) is 1.27. The van der Waals surface area contributed by atoms with Crippen LogP contribution in [0.15, 0.2) is 35.5 Å². The van der Waals surface area contributed by atoms with Crippen molar-refractivity contribution in [2.75, 3.05) is 13.2 Å². The number of nitrogens with zero attached hydrogens (tertiary/aromatic N) is 1. The van der Waals surface area contributed by atoms with E-state index in [0.29, 0.717) is 18.9 Å². The largest absolute Gasteiger partial charge is 0.490 e. The first kappa shape index (κ1) is 21.6. The number of carbonyl (C=O) groups excluding carboxylic acids is 1. The number of ether oxygens (including phenoxy) is 2. The summed E-state index contributed by atoms with van der Waals surface area (Å²) in [6.45, 7) is 10.1. The van der Waals surface area contributed by atoms with Crippen molar-refractivity contribution < 1.29 is 19.1 Å². The fourth-order valence-corrected chi connectivity index (χ4v) is 2.07. The van der Waals surface area contributed by atoms with Gasteiger partial charge >= 0.3 is 6.09 Å². The predicted molar refractivity (Wildman–Crippen MR) is 102 cm³/mol. The molecule has 0 heterocycles. The zero-order valence-corrected chi connectivity index (χ0v) is 16.3. The molecule has 1 aromatic rings. The third kappa shape index (κ3) is 9.76. The van der Waals surface area contributed by atoms with E-state index in [1.54, 1.807) is 20.8 Å². The molecule has 1 rings (SSSR count). The number of para-hydroxylation sites is 1. The number of oxime groups is 1. The second-order valence-corrected chi connectivity index (χ2v) is 7.34. The SMILES string of the molecule is CC(C)CC(NC(=O)OC(C)(C)C)/C(N)=N/OCCOc1ccccc1. The Kier molecular flexibility index (Phi) is 8.75. The molecular weight excluding hydrogens is 334 g/mol. The smallest absolute Gasteiger partial charge is 0.408 e. The number of nitrogens with one attached hydrogen (secondary N) is 1. The van der Waals surface area contributed by atoms with E-state index in [4.69, 9.17) is 20.0 Å². The summed E-state index contributed by atoms with van der Waals surface area (Å²) in [6, 6.07) is 8.97. The maximum absolute atomic E-state index is 12.0. The number of nitrogens with two attached hydrogens (primary N) is 1. The predicted octanol–water partition coefficient (Wildman–Crippen LogP) is 3.29. The lowest BCUT2D eigenvalue weighted by Gasteiger charge is -2.24. The van der Waals surface area contributed by atoms with E-state index >= 15 is 0 Å². The van der Waals surface area contributed by atoms with Crippen LogP contribution in [0.1, 0.15) is 41.0 Å². The number of rotatable bonds is 9. The molecule has 3 N–H and O–H groups in total. The molecule has 0 aliphatic rings. The van der Waals surface area contributed by atoms with Crippen LogP contribution in [0, 0.1) is 5.92 Å². The van der Waals surface area contributed by atoms with E-state index in [1.807, 2.05) is 44.2 Å². The molecule has 26 heavy (non-hydrogen) atoms. The Balaban J connectivity index is 2.48. The Morgan fingerprint density at radius 1 is 1.19 bits per heavy atom. The fourth-order valence-electron chi connectivity index (χ4n) is 2.07. The quantitative estimate of drug-likeness (QED) is 0.303. The van der Waals surface area contributed by atoms with Crippen molar-refractivity contribution in [2.24, 2.45) is 16.8 Å². The zero-order chi connectivity index (χ0) is 19.6. The highest BCUT2D eigenvalue weighted by atomic mass is 16.6. The van der Waals surface area contributed by atoms with Gasteiger partial charge < -0.3 is 25.4 Å². The van der Waals surface area contributed by atoms with E-state index in [2.05, 4.69) is 10.5 Å². The molecule has 0 saturated heterocycles. The summed E-state index contributed by atoms with van der Waals surface area (Å²) in [6.07, 6.45) is 0.0899. The van der Waals surface area contributed by atoms with Crippen LogP contribution >= 0.6 is 0 Å². The third-order valence-electron chi connectivity index (χ3n) is 3.11. The molecule has 0 aliphatic heterocycles. The number of amides is 1. The van der Waals surface area contributed by atoms with Crippen LogP contribution in [0.5, 0.6) is 5.75 Å². The molecule has 0 bridgehead atoms. The maximum atomic E-state index is 12.0. The molecule has 146 valence electrons. The number of hydrogen-bond acceptors (Lipinski definition) is 5.